The summed E-state index contributed by atoms with van der Waals surface area (Å²) in [5.41, 5.74) is 3.93. The average Bonchev–Trinajstić information content (AvgIpc) is 3.18. The van der Waals surface area contributed by atoms with Crippen molar-refractivity contribution in [3.05, 3.63) is 52.7 Å². The number of nitrogens with one attached hydrogen (secondary N) is 1. The molecule has 3 aromatic rings. The highest BCUT2D eigenvalue weighted by Crippen LogP contribution is 2.35. The van der Waals surface area contributed by atoms with Gasteiger partial charge in [-0.05, 0) is 38.3 Å². The maximum Gasteiger partial charge on any atom is 0.250 e. The number of sulfonamides is 1. The molecule has 1 N–H and O–H groups in total. The molecule has 0 aliphatic carbocycles. The molecule has 7 nitrogen and oxygen atoms in total. The van der Waals surface area contributed by atoms with Crippen molar-refractivity contribution in [2.75, 3.05) is 0 Å². The third-order valence-corrected chi connectivity index (χ3v) is 6.85. The van der Waals surface area contributed by atoms with E-state index in [1.165, 1.54) is 5.56 Å². The van der Waals surface area contributed by atoms with Crippen LogP contribution in [0, 0.1) is 20.8 Å². The Labute approximate surface area is 165 Å². The largest absolute Gasteiger partial charge is 0.421 e. The Morgan fingerprint density at radius 2 is 1.75 bits per heavy atom. The zero-order valence-electron chi connectivity index (χ0n) is 17.1. The lowest BCUT2D eigenvalue weighted by Gasteiger charge is -2.16. The van der Waals surface area contributed by atoms with E-state index in [4.69, 9.17) is 4.42 Å². The molecule has 0 aliphatic heterocycles. The molecule has 2 heterocycles. The maximum atomic E-state index is 13.3. The van der Waals surface area contributed by atoms with E-state index in [1.807, 2.05) is 49.7 Å². The van der Waals surface area contributed by atoms with Gasteiger partial charge in [-0.25, -0.2) is 13.1 Å². The van der Waals surface area contributed by atoms with E-state index in [9.17, 15) is 8.42 Å². The predicted octanol–water partition coefficient (Wildman–Crippen LogP) is 3.60. The third kappa shape index (κ3) is 3.62. The molecule has 150 valence electrons. The van der Waals surface area contributed by atoms with Gasteiger partial charge in [-0.2, -0.15) is 0 Å². The fraction of sp³-hybridized carbons (Fsp3) is 0.400. The summed E-state index contributed by atoms with van der Waals surface area (Å²) in [5.74, 6) is 0.593. The highest BCUT2D eigenvalue weighted by atomic mass is 32.2. The van der Waals surface area contributed by atoms with Crippen molar-refractivity contribution in [1.29, 1.82) is 0 Å². The predicted molar refractivity (Wildman–Crippen MR) is 107 cm³/mol. The number of aryl methyl sites for hydroxylation is 2. The number of hydrogen-bond donors (Lipinski definition) is 1. The summed E-state index contributed by atoms with van der Waals surface area (Å²) in [4.78, 5) is 0.174. The molecule has 0 amide bonds. The standard InChI is InChI=1S/C20H26N4O3S/c1-7-16-8-10-17(11-9-16)12(2)23-28(25,26)19-14(4)24(6)13(3)18(19)20-22-21-15(5)27-20/h8-12,23H,7H2,1-6H3. The molecular weight excluding hydrogens is 376 g/mol. The Bertz CT molecular complexity index is 1100. The Hall–Kier alpha value is -2.45. The van der Waals surface area contributed by atoms with Gasteiger partial charge < -0.3 is 8.98 Å². The Balaban J connectivity index is 2.03. The van der Waals surface area contributed by atoms with Gasteiger partial charge in [0.05, 0.1) is 5.56 Å². The molecule has 0 fully saturated rings. The second-order valence-corrected chi connectivity index (χ2v) is 8.65. The van der Waals surface area contributed by atoms with Crippen LogP contribution < -0.4 is 4.72 Å². The van der Waals surface area contributed by atoms with Crippen molar-refractivity contribution >= 4 is 10.0 Å². The van der Waals surface area contributed by atoms with E-state index in [-0.39, 0.29) is 16.8 Å². The van der Waals surface area contributed by atoms with Gasteiger partial charge in [0, 0.05) is 31.4 Å². The van der Waals surface area contributed by atoms with Gasteiger partial charge in [-0.3, -0.25) is 0 Å². The molecule has 0 bridgehead atoms. The topological polar surface area (TPSA) is 90.0 Å². The normalized spacial score (nSPS) is 13.1. The average molecular weight is 403 g/mol. The minimum absolute atomic E-state index is 0.174. The minimum Gasteiger partial charge on any atom is -0.421 e. The lowest BCUT2D eigenvalue weighted by Crippen LogP contribution is -2.27. The first-order valence-corrected chi connectivity index (χ1v) is 10.7. The SMILES string of the molecule is CCc1ccc(C(C)NS(=O)(=O)c2c(-c3nnc(C)o3)c(C)n(C)c2C)cc1. The Morgan fingerprint density at radius 1 is 1.11 bits per heavy atom. The van der Waals surface area contributed by atoms with E-state index >= 15 is 0 Å². The fourth-order valence-corrected chi connectivity index (χ4v) is 5.05. The molecule has 28 heavy (non-hydrogen) atoms. The van der Waals surface area contributed by atoms with Crippen LogP contribution in [-0.2, 0) is 23.5 Å². The van der Waals surface area contributed by atoms with Crippen molar-refractivity contribution in [1.82, 2.24) is 19.5 Å². The van der Waals surface area contributed by atoms with Crippen molar-refractivity contribution in [3.63, 3.8) is 0 Å². The van der Waals surface area contributed by atoms with E-state index in [0.717, 1.165) is 17.7 Å². The van der Waals surface area contributed by atoms with Crippen LogP contribution in [0.15, 0.2) is 33.6 Å². The molecule has 0 saturated carbocycles. The summed E-state index contributed by atoms with van der Waals surface area (Å²) < 4.78 is 36.8. The van der Waals surface area contributed by atoms with Crippen LogP contribution in [0.3, 0.4) is 0 Å². The van der Waals surface area contributed by atoms with Gasteiger partial charge in [0.2, 0.25) is 15.9 Å². The molecule has 0 radical (unpaired) electrons. The Morgan fingerprint density at radius 3 is 2.29 bits per heavy atom. The van der Waals surface area contributed by atoms with E-state index in [1.54, 1.807) is 13.8 Å². The zero-order valence-corrected chi connectivity index (χ0v) is 17.9. The number of rotatable bonds is 6. The molecule has 0 spiro atoms. The van der Waals surface area contributed by atoms with Crippen molar-refractivity contribution in [3.8, 4) is 11.5 Å². The van der Waals surface area contributed by atoms with Crippen LogP contribution in [0.5, 0.6) is 0 Å². The summed E-state index contributed by atoms with van der Waals surface area (Å²) in [6, 6.07) is 7.57. The summed E-state index contributed by atoms with van der Waals surface area (Å²) in [7, 11) is -2.00. The monoisotopic (exact) mass is 402 g/mol. The highest BCUT2D eigenvalue weighted by molar-refractivity contribution is 7.89. The van der Waals surface area contributed by atoms with Crippen LogP contribution >= 0.6 is 0 Å². The van der Waals surface area contributed by atoms with Gasteiger partial charge in [0.25, 0.3) is 5.89 Å². The quantitative estimate of drug-likeness (QED) is 0.680. The molecule has 1 aromatic carbocycles. The third-order valence-electron chi connectivity index (χ3n) is 5.15. The van der Waals surface area contributed by atoms with E-state index < -0.39 is 10.0 Å². The van der Waals surface area contributed by atoms with Gasteiger partial charge in [-0.15, -0.1) is 10.2 Å². The van der Waals surface area contributed by atoms with E-state index in [0.29, 0.717) is 17.1 Å². The van der Waals surface area contributed by atoms with Gasteiger partial charge in [0.15, 0.2) is 0 Å². The van der Waals surface area contributed by atoms with Crippen LogP contribution in [0.25, 0.3) is 11.5 Å². The molecule has 3 rings (SSSR count). The summed E-state index contributed by atoms with van der Waals surface area (Å²) in [6.45, 7) is 9.21. The molecule has 1 unspecified atom stereocenters. The molecule has 0 aliphatic rings. The van der Waals surface area contributed by atoms with Crippen molar-refractivity contribution in [2.45, 2.75) is 52.0 Å². The van der Waals surface area contributed by atoms with Gasteiger partial charge in [-0.1, -0.05) is 31.2 Å². The second-order valence-electron chi connectivity index (χ2n) is 7.00. The van der Waals surface area contributed by atoms with Gasteiger partial charge >= 0.3 is 0 Å². The van der Waals surface area contributed by atoms with Gasteiger partial charge in [0.1, 0.15) is 4.90 Å². The Kier molecular flexibility index (Phi) is 5.45. The molecule has 8 heteroatoms. The van der Waals surface area contributed by atoms with Crippen LogP contribution in [-0.4, -0.2) is 23.2 Å². The molecular formula is C20H26N4O3S. The minimum atomic E-state index is -3.82. The first-order chi connectivity index (χ1) is 13.2. The highest BCUT2D eigenvalue weighted by Gasteiger charge is 2.31. The molecule has 0 saturated heterocycles. The molecule has 1 atom stereocenters. The number of nitrogens with zero attached hydrogens (tertiary/aromatic N) is 3. The first kappa shape index (κ1) is 20.3. The summed E-state index contributed by atoms with van der Waals surface area (Å²) in [6.07, 6.45) is 0.940. The van der Waals surface area contributed by atoms with Crippen LogP contribution in [0.2, 0.25) is 0 Å². The number of benzene rings is 1. The van der Waals surface area contributed by atoms with Crippen molar-refractivity contribution in [2.24, 2.45) is 7.05 Å². The summed E-state index contributed by atoms with van der Waals surface area (Å²) in [5, 5.41) is 7.89. The van der Waals surface area contributed by atoms with Crippen molar-refractivity contribution < 1.29 is 12.8 Å². The lowest BCUT2D eigenvalue weighted by molar-refractivity contribution is 0.529. The number of aromatic nitrogens is 3. The zero-order chi connectivity index (χ0) is 20.6. The lowest BCUT2D eigenvalue weighted by atomic mass is 10.1. The number of hydrogen-bond acceptors (Lipinski definition) is 5. The molecule has 2 aromatic heterocycles. The maximum absolute atomic E-state index is 13.3. The van der Waals surface area contributed by atoms with E-state index in [2.05, 4.69) is 21.8 Å². The summed E-state index contributed by atoms with van der Waals surface area (Å²) >= 11 is 0. The van der Waals surface area contributed by atoms with Crippen LogP contribution in [0.1, 0.15) is 48.3 Å². The van der Waals surface area contributed by atoms with Crippen LogP contribution in [0.4, 0.5) is 0 Å². The smallest absolute Gasteiger partial charge is 0.250 e. The fourth-order valence-electron chi connectivity index (χ4n) is 3.30. The first-order valence-electron chi connectivity index (χ1n) is 9.23. The second kappa shape index (κ2) is 7.52.